The summed E-state index contributed by atoms with van der Waals surface area (Å²) in [4.78, 5) is 28.7. The first-order chi connectivity index (χ1) is 12.5. The molecule has 7 heteroatoms. The number of aryl methyl sites for hydroxylation is 1. The van der Waals surface area contributed by atoms with Crippen LogP contribution in [0.3, 0.4) is 0 Å². The first-order valence-electron chi connectivity index (χ1n) is 8.08. The summed E-state index contributed by atoms with van der Waals surface area (Å²) in [6.45, 7) is 3.62. The molecule has 0 radical (unpaired) electrons. The second-order valence-electron chi connectivity index (χ2n) is 5.85. The summed E-state index contributed by atoms with van der Waals surface area (Å²) >= 11 is 0. The van der Waals surface area contributed by atoms with Crippen molar-refractivity contribution in [2.75, 3.05) is 5.32 Å². The molecule has 1 atom stereocenters. The molecule has 132 valence electrons. The Bertz CT molecular complexity index is 921. The van der Waals surface area contributed by atoms with Crippen LogP contribution in [-0.4, -0.2) is 22.0 Å². The van der Waals surface area contributed by atoms with E-state index in [0.717, 1.165) is 5.56 Å². The number of amides is 2. The molecule has 2 heterocycles. The summed E-state index contributed by atoms with van der Waals surface area (Å²) in [7, 11) is 0. The van der Waals surface area contributed by atoms with E-state index in [-0.39, 0.29) is 17.5 Å². The summed E-state index contributed by atoms with van der Waals surface area (Å²) in [5.74, 6) is 0.166. The van der Waals surface area contributed by atoms with Crippen molar-refractivity contribution in [3.63, 3.8) is 0 Å². The Morgan fingerprint density at radius 3 is 2.38 bits per heavy atom. The van der Waals surface area contributed by atoms with Gasteiger partial charge in [-0.2, -0.15) is 0 Å². The van der Waals surface area contributed by atoms with E-state index in [1.165, 1.54) is 18.5 Å². The number of aromatic nitrogens is 2. The molecule has 7 nitrogen and oxygen atoms in total. The maximum atomic E-state index is 12.5. The Balaban J connectivity index is 1.70. The molecule has 0 aliphatic heterocycles. The van der Waals surface area contributed by atoms with Crippen LogP contribution in [0.15, 0.2) is 59.4 Å². The highest BCUT2D eigenvalue weighted by Crippen LogP contribution is 2.13. The summed E-state index contributed by atoms with van der Waals surface area (Å²) < 4.78 is 4.90. The zero-order chi connectivity index (χ0) is 18.5. The topological polar surface area (TPSA) is 97.1 Å². The SMILES string of the molecule is Cc1cc(NC(=O)c2cncc(C(=O)NC(C)c3ccccc3)c2)no1. The van der Waals surface area contributed by atoms with Crippen LogP contribution >= 0.6 is 0 Å². The third kappa shape index (κ3) is 4.13. The number of carbonyl (C=O) groups excluding carboxylic acids is 2. The monoisotopic (exact) mass is 350 g/mol. The van der Waals surface area contributed by atoms with Gasteiger partial charge < -0.3 is 15.2 Å². The van der Waals surface area contributed by atoms with Gasteiger partial charge in [-0.1, -0.05) is 35.5 Å². The molecule has 26 heavy (non-hydrogen) atoms. The molecule has 2 N–H and O–H groups in total. The molecule has 2 amide bonds. The molecule has 0 saturated carbocycles. The van der Waals surface area contributed by atoms with Crippen LogP contribution in [0.5, 0.6) is 0 Å². The van der Waals surface area contributed by atoms with Crippen LogP contribution in [0, 0.1) is 6.92 Å². The number of nitrogens with one attached hydrogen (secondary N) is 2. The minimum atomic E-state index is -0.420. The van der Waals surface area contributed by atoms with Crippen molar-refractivity contribution in [3.05, 3.63) is 77.3 Å². The van der Waals surface area contributed by atoms with E-state index in [0.29, 0.717) is 17.1 Å². The van der Waals surface area contributed by atoms with Crippen molar-refractivity contribution in [1.29, 1.82) is 0 Å². The minimum absolute atomic E-state index is 0.167. The summed E-state index contributed by atoms with van der Waals surface area (Å²) in [6, 6.07) is 12.5. The van der Waals surface area contributed by atoms with Gasteiger partial charge in [0.25, 0.3) is 11.8 Å². The van der Waals surface area contributed by atoms with Crippen molar-refractivity contribution in [3.8, 4) is 0 Å². The Labute approximate surface area is 150 Å². The normalized spacial score (nSPS) is 11.6. The van der Waals surface area contributed by atoms with Gasteiger partial charge in [-0.3, -0.25) is 14.6 Å². The van der Waals surface area contributed by atoms with Crippen LogP contribution in [0.25, 0.3) is 0 Å². The Morgan fingerprint density at radius 1 is 1.04 bits per heavy atom. The molecule has 0 fully saturated rings. The Morgan fingerprint density at radius 2 is 1.73 bits per heavy atom. The van der Waals surface area contributed by atoms with E-state index in [1.807, 2.05) is 37.3 Å². The molecule has 0 saturated heterocycles. The molecular formula is C19H18N4O3. The molecule has 3 rings (SSSR count). The van der Waals surface area contributed by atoms with Crippen molar-refractivity contribution < 1.29 is 14.1 Å². The molecule has 0 bridgehead atoms. The number of anilines is 1. The Hall–Kier alpha value is -3.48. The standard InChI is InChI=1S/C19H18N4O3/c1-12-8-17(23-26-12)22-19(25)16-9-15(10-20-11-16)18(24)21-13(2)14-6-4-3-5-7-14/h3-11,13H,1-2H3,(H,21,24)(H,22,23,25). The lowest BCUT2D eigenvalue weighted by atomic mass is 10.1. The van der Waals surface area contributed by atoms with E-state index < -0.39 is 5.91 Å². The van der Waals surface area contributed by atoms with Gasteiger partial charge in [-0.15, -0.1) is 0 Å². The second-order valence-corrected chi connectivity index (χ2v) is 5.85. The summed E-state index contributed by atoms with van der Waals surface area (Å²) in [5.41, 5.74) is 1.55. The van der Waals surface area contributed by atoms with E-state index in [9.17, 15) is 9.59 Å². The van der Waals surface area contributed by atoms with Gasteiger partial charge in [0.15, 0.2) is 5.82 Å². The summed E-state index contributed by atoms with van der Waals surface area (Å²) in [6.07, 6.45) is 2.81. The number of hydrogen-bond acceptors (Lipinski definition) is 5. The van der Waals surface area contributed by atoms with E-state index >= 15 is 0 Å². The minimum Gasteiger partial charge on any atom is -0.360 e. The first kappa shape index (κ1) is 17.3. The molecular weight excluding hydrogens is 332 g/mol. The fourth-order valence-corrected chi connectivity index (χ4v) is 2.41. The van der Waals surface area contributed by atoms with E-state index in [4.69, 9.17) is 4.52 Å². The highest BCUT2D eigenvalue weighted by Gasteiger charge is 2.15. The highest BCUT2D eigenvalue weighted by molar-refractivity contribution is 6.05. The number of rotatable bonds is 5. The largest absolute Gasteiger partial charge is 0.360 e. The highest BCUT2D eigenvalue weighted by atomic mass is 16.5. The predicted octanol–water partition coefficient (Wildman–Crippen LogP) is 3.12. The fourth-order valence-electron chi connectivity index (χ4n) is 2.41. The molecule has 1 aromatic carbocycles. The van der Waals surface area contributed by atoms with Crippen LogP contribution in [-0.2, 0) is 0 Å². The fraction of sp³-hybridized carbons (Fsp3) is 0.158. The number of benzene rings is 1. The third-order valence-corrected chi connectivity index (χ3v) is 3.78. The van der Waals surface area contributed by atoms with E-state index in [1.54, 1.807) is 13.0 Å². The van der Waals surface area contributed by atoms with Crippen LogP contribution in [0.2, 0.25) is 0 Å². The van der Waals surface area contributed by atoms with Crippen LogP contribution < -0.4 is 10.6 Å². The zero-order valence-electron chi connectivity index (χ0n) is 14.4. The van der Waals surface area contributed by atoms with Crippen molar-refractivity contribution >= 4 is 17.6 Å². The molecule has 3 aromatic rings. The lowest BCUT2D eigenvalue weighted by Crippen LogP contribution is -2.27. The lowest BCUT2D eigenvalue weighted by Gasteiger charge is -2.14. The van der Waals surface area contributed by atoms with Gasteiger partial charge >= 0.3 is 0 Å². The van der Waals surface area contributed by atoms with E-state index in [2.05, 4.69) is 20.8 Å². The van der Waals surface area contributed by atoms with Gasteiger partial charge in [0.1, 0.15) is 5.76 Å². The quantitative estimate of drug-likeness (QED) is 0.737. The summed E-state index contributed by atoms with van der Waals surface area (Å²) in [5, 5.41) is 9.20. The second kappa shape index (κ2) is 7.60. The molecule has 0 spiro atoms. The number of carbonyl (C=O) groups is 2. The van der Waals surface area contributed by atoms with Gasteiger partial charge in [0, 0.05) is 18.5 Å². The van der Waals surface area contributed by atoms with Crippen LogP contribution in [0.4, 0.5) is 5.82 Å². The van der Waals surface area contributed by atoms with Gasteiger partial charge in [0.05, 0.1) is 17.2 Å². The Kier molecular flexibility index (Phi) is 5.07. The lowest BCUT2D eigenvalue weighted by molar-refractivity contribution is 0.0939. The van der Waals surface area contributed by atoms with Gasteiger partial charge in [-0.25, -0.2) is 0 Å². The van der Waals surface area contributed by atoms with Gasteiger partial charge in [0.2, 0.25) is 0 Å². The van der Waals surface area contributed by atoms with Crippen LogP contribution in [0.1, 0.15) is 45.0 Å². The predicted molar refractivity (Wildman–Crippen MR) is 95.8 cm³/mol. The maximum absolute atomic E-state index is 12.5. The average Bonchev–Trinajstić information content (AvgIpc) is 3.07. The smallest absolute Gasteiger partial charge is 0.258 e. The third-order valence-electron chi connectivity index (χ3n) is 3.78. The average molecular weight is 350 g/mol. The number of nitrogens with zero attached hydrogens (tertiary/aromatic N) is 2. The zero-order valence-corrected chi connectivity index (χ0v) is 14.4. The first-order valence-corrected chi connectivity index (χ1v) is 8.08. The number of pyridine rings is 1. The number of hydrogen-bond donors (Lipinski definition) is 2. The molecule has 0 aliphatic rings. The van der Waals surface area contributed by atoms with Crippen molar-refractivity contribution in [2.24, 2.45) is 0 Å². The van der Waals surface area contributed by atoms with Crippen molar-refractivity contribution in [2.45, 2.75) is 19.9 Å². The maximum Gasteiger partial charge on any atom is 0.258 e. The molecule has 2 aromatic heterocycles. The van der Waals surface area contributed by atoms with Gasteiger partial charge in [-0.05, 0) is 25.5 Å². The molecule has 0 aliphatic carbocycles. The van der Waals surface area contributed by atoms with Crippen molar-refractivity contribution in [1.82, 2.24) is 15.5 Å². The molecule has 1 unspecified atom stereocenters.